The summed E-state index contributed by atoms with van der Waals surface area (Å²) in [5.41, 5.74) is 2.52. The summed E-state index contributed by atoms with van der Waals surface area (Å²) < 4.78 is 2.03. The second kappa shape index (κ2) is 7.19. The highest BCUT2D eigenvalue weighted by Gasteiger charge is 2.15. The van der Waals surface area contributed by atoms with Gasteiger partial charge in [-0.15, -0.1) is 11.8 Å². The van der Waals surface area contributed by atoms with Crippen LogP contribution in [0, 0.1) is 12.8 Å². The summed E-state index contributed by atoms with van der Waals surface area (Å²) in [6, 6.07) is 0. The molecule has 0 spiro atoms. The van der Waals surface area contributed by atoms with Gasteiger partial charge < -0.3 is 5.32 Å². The molecule has 1 aromatic heterocycles. The van der Waals surface area contributed by atoms with Gasteiger partial charge in [0.2, 0.25) is 0 Å². The Kier molecular flexibility index (Phi) is 6.22. The molecular weight excluding hydrogens is 242 g/mol. The number of rotatable bonds is 7. The molecule has 0 aliphatic carbocycles. The molecule has 1 aromatic rings. The van der Waals surface area contributed by atoms with E-state index in [-0.39, 0.29) is 0 Å². The summed E-state index contributed by atoms with van der Waals surface area (Å²) in [7, 11) is 2.05. The Labute approximate surface area is 116 Å². The quantitative estimate of drug-likeness (QED) is 0.770. The van der Waals surface area contributed by atoms with E-state index in [0.717, 1.165) is 18.8 Å². The molecule has 0 saturated heterocycles. The molecule has 0 bridgehead atoms. The lowest BCUT2D eigenvalue weighted by Crippen LogP contribution is -2.19. The third-order valence-corrected chi connectivity index (χ3v) is 4.50. The van der Waals surface area contributed by atoms with Crippen molar-refractivity contribution in [1.29, 1.82) is 0 Å². The molecule has 3 nitrogen and oxygen atoms in total. The molecule has 1 unspecified atom stereocenters. The van der Waals surface area contributed by atoms with E-state index < -0.39 is 0 Å². The van der Waals surface area contributed by atoms with Gasteiger partial charge >= 0.3 is 0 Å². The van der Waals surface area contributed by atoms with Crippen LogP contribution >= 0.6 is 11.8 Å². The van der Waals surface area contributed by atoms with Crippen molar-refractivity contribution in [3.8, 4) is 0 Å². The molecule has 0 saturated carbocycles. The fraction of sp³-hybridized carbons (Fsp3) is 0.786. The van der Waals surface area contributed by atoms with Crippen LogP contribution in [0.15, 0.2) is 5.03 Å². The molecule has 1 rings (SSSR count). The summed E-state index contributed by atoms with van der Waals surface area (Å²) in [5, 5.41) is 10.0. The number of nitrogens with one attached hydrogen (secondary N) is 1. The van der Waals surface area contributed by atoms with Crippen LogP contribution in [0.25, 0.3) is 0 Å². The van der Waals surface area contributed by atoms with Crippen molar-refractivity contribution in [3.63, 3.8) is 0 Å². The predicted octanol–water partition coefficient (Wildman–Crippen LogP) is 3.36. The van der Waals surface area contributed by atoms with E-state index in [9.17, 15) is 0 Å². The molecule has 0 amide bonds. The van der Waals surface area contributed by atoms with Gasteiger partial charge in [0.05, 0.1) is 10.7 Å². The lowest BCUT2D eigenvalue weighted by atomic mass is 10.2. The molecule has 4 heteroatoms. The molecule has 0 aliphatic heterocycles. The van der Waals surface area contributed by atoms with E-state index in [0.29, 0.717) is 11.2 Å². The van der Waals surface area contributed by atoms with Crippen LogP contribution < -0.4 is 5.32 Å². The molecule has 1 atom stereocenters. The normalized spacial score (nSPS) is 13.3. The first-order chi connectivity index (χ1) is 8.45. The van der Waals surface area contributed by atoms with E-state index in [4.69, 9.17) is 0 Å². The van der Waals surface area contributed by atoms with Crippen LogP contribution in [-0.4, -0.2) is 21.6 Å². The largest absolute Gasteiger partial charge is 0.312 e. The molecule has 104 valence electrons. The SMILES string of the molecule is CCC(C)Sc1c(CNCC(C)C)c(C)nn1C. The lowest BCUT2D eigenvalue weighted by molar-refractivity contribution is 0.548. The van der Waals surface area contributed by atoms with Gasteiger partial charge in [0.25, 0.3) is 0 Å². The zero-order valence-corrected chi connectivity index (χ0v) is 13.4. The van der Waals surface area contributed by atoms with Crippen LogP contribution in [0.4, 0.5) is 0 Å². The minimum absolute atomic E-state index is 0.642. The Bertz CT molecular complexity index is 371. The average Bonchev–Trinajstić information content (AvgIpc) is 2.55. The van der Waals surface area contributed by atoms with E-state index in [1.165, 1.54) is 17.0 Å². The molecule has 1 N–H and O–H groups in total. The predicted molar refractivity (Wildman–Crippen MR) is 80.1 cm³/mol. The minimum Gasteiger partial charge on any atom is -0.312 e. The fourth-order valence-electron chi connectivity index (χ4n) is 1.79. The molecule has 0 radical (unpaired) electrons. The third kappa shape index (κ3) is 4.32. The van der Waals surface area contributed by atoms with E-state index >= 15 is 0 Å². The molecule has 18 heavy (non-hydrogen) atoms. The maximum Gasteiger partial charge on any atom is 0.0987 e. The monoisotopic (exact) mass is 269 g/mol. The van der Waals surface area contributed by atoms with Gasteiger partial charge in [-0.3, -0.25) is 4.68 Å². The van der Waals surface area contributed by atoms with E-state index in [1.54, 1.807) is 0 Å². The van der Waals surface area contributed by atoms with Gasteiger partial charge in [-0.25, -0.2) is 0 Å². The molecule has 1 heterocycles. The first kappa shape index (κ1) is 15.6. The average molecular weight is 269 g/mol. The van der Waals surface area contributed by atoms with Crippen molar-refractivity contribution in [2.45, 2.75) is 57.9 Å². The topological polar surface area (TPSA) is 29.9 Å². The van der Waals surface area contributed by atoms with Crippen molar-refractivity contribution in [2.24, 2.45) is 13.0 Å². The fourth-order valence-corrected chi connectivity index (χ4v) is 2.89. The summed E-state index contributed by atoms with van der Waals surface area (Å²) >= 11 is 1.94. The van der Waals surface area contributed by atoms with Gasteiger partial charge in [0, 0.05) is 24.4 Å². The van der Waals surface area contributed by atoms with E-state index in [1.807, 2.05) is 23.5 Å². The number of hydrogen-bond donors (Lipinski definition) is 1. The summed E-state index contributed by atoms with van der Waals surface area (Å²) in [6.45, 7) is 13.1. The molecule has 0 aliphatic rings. The van der Waals surface area contributed by atoms with E-state index in [2.05, 4.69) is 45.0 Å². The van der Waals surface area contributed by atoms with Crippen LogP contribution in [0.5, 0.6) is 0 Å². The molecular formula is C14H27N3S. The first-order valence-electron chi connectivity index (χ1n) is 6.85. The maximum absolute atomic E-state index is 4.55. The van der Waals surface area contributed by atoms with Crippen LogP contribution in [0.3, 0.4) is 0 Å². The van der Waals surface area contributed by atoms with Crippen molar-refractivity contribution < 1.29 is 0 Å². The number of nitrogens with zero attached hydrogens (tertiary/aromatic N) is 2. The zero-order valence-electron chi connectivity index (χ0n) is 12.6. The second-order valence-electron chi connectivity index (χ2n) is 5.35. The highest BCUT2D eigenvalue weighted by molar-refractivity contribution is 7.99. The summed E-state index contributed by atoms with van der Waals surface area (Å²) in [5.74, 6) is 0.688. The van der Waals surface area contributed by atoms with Crippen molar-refractivity contribution in [3.05, 3.63) is 11.3 Å². The van der Waals surface area contributed by atoms with Gasteiger partial charge in [-0.2, -0.15) is 5.10 Å². The number of hydrogen-bond acceptors (Lipinski definition) is 3. The Morgan fingerprint density at radius 2 is 2.00 bits per heavy atom. The number of aromatic nitrogens is 2. The van der Waals surface area contributed by atoms with Crippen molar-refractivity contribution in [2.75, 3.05) is 6.54 Å². The molecule has 0 fully saturated rings. The lowest BCUT2D eigenvalue weighted by Gasteiger charge is -2.12. The van der Waals surface area contributed by atoms with Gasteiger partial charge in [-0.05, 0) is 25.8 Å². The number of thioether (sulfide) groups is 1. The van der Waals surface area contributed by atoms with Gasteiger partial charge in [0.1, 0.15) is 0 Å². The van der Waals surface area contributed by atoms with Crippen molar-refractivity contribution >= 4 is 11.8 Å². The first-order valence-corrected chi connectivity index (χ1v) is 7.73. The summed E-state index contributed by atoms with van der Waals surface area (Å²) in [4.78, 5) is 0. The van der Waals surface area contributed by atoms with Crippen LogP contribution in [0.2, 0.25) is 0 Å². The maximum atomic E-state index is 4.55. The number of aryl methyl sites for hydroxylation is 2. The zero-order chi connectivity index (χ0) is 13.7. The van der Waals surface area contributed by atoms with Gasteiger partial charge in [-0.1, -0.05) is 27.7 Å². The Hall–Kier alpha value is -0.480. The standard InChI is InChI=1S/C14H27N3S/c1-7-11(4)18-14-13(9-15-8-10(2)3)12(5)16-17(14)6/h10-11,15H,7-9H2,1-6H3. The molecule has 0 aromatic carbocycles. The van der Waals surface area contributed by atoms with Crippen molar-refractivity contribution in [1.82, 2.24) is 15.1 Å². The van der Waals surface area contributed by atoms with Crippen LogP contribution in [-0.2, 0) is 13.6 Å². The Morgan fingerprint density at radius 3 is 2.56 bits per heavy atom. The Morgan fingerprint density at radius 1 is 1.33 bits per heavy atom. The summed E-state index contributed by atoms with van der Waals surface area (Å²) in [6.07, 6.45) is 1.19. The van der Waals surface area contributed by atoms with Crippen LogP contribution in [0.1, 0.15) is 45.4 Å². The third-order valence-electron chi connectivity index (χ3n) is 3.03. The smallest absolute Gasteiger partial charge is 0.0987 e. The second-order valence-corrected chi connectivity index (χ2v) is 6.78. The van der Waals surface area contributed by atoms with Gasteiger partial charge in [0.15, 0.2) is 0 Å². The highest BCUT2D eigenvalue weighted by atomic mass is 32.2. The highest BCUT2D eigenvalue weighted by Crippen LogP contribution is 2.29. The Balaban J connectivity index is 2.75. The minimum atomic E-state index is 0.642.